The molecule has 0 aromatic heterocycles. The predicted molar refractivity (Wildman–Crippen MR) is 66.5 cm³/mol. The number of rotatable bonds is 1. The van der Waals surface area contributed by atoms with E-state index in [-0.39, 0.29) is 24.1 Å². The Morgan fingerprint density at radius 1 is 1.32 bits per heavy atom. The zero-order valence-electron chi connectivity index (χ0n) is 11.4. The van der Waals surface area contributed by atoms with Gasteiger partial charge in [0.25, 0.3) is 0 Å². The Bertz CT molecular complexity index is 410. The third-order valence-electron chi connectivity index (χ3n) is 3.04. The van der Waals surface area contributed by atoms with Gasteiger partial charge in [-0.05, 0) is 20.8 Å². The fourth-order valence-corrected chi connectivity index (χ4v) is 2.05. The fourth-order valence-electron chi connectivity index (χ4n) is 2.05. The van der Waals surface area contributed by atoms with E-state index in [0.29, 0.717) is 26.1 Å². The van der Waals surface area contributed by atoms with Crippen LogP contribution < -0.4 is 5.32 Å². The molecule has 0 aromatic rings. The number of urea groups is 1. The first-order valence-electron chi connectivity index (χ1n) is 6.34. The molecule has 0 bridgehead atoms. The maximum absolute atomic E-state index is 11.7. The van der Waals surface area contributed by atoms with Gasteiger partial charge in [-0.25, -0.2) is 9.59 Å². The van der Waals surface area contributed by atoms with E-state index in [1.807, 2.05) is 20.8 Å². The van der Waals surface area contributed by atoms with Crippen molar-refractivity contribution in [1.82, 2.24) is 15.1 Å². The van der Waals surface area contributed by atoms with E-state index in [2.05, 4.69) is 5.32 Å². The Labute approximate surface area is 111 Å². The van der Waals surface area contributed by atoms with Crippen LogP contribution in [0.5, 0.6) is 0 Å². The molecule has 7 heteroatoms. The number of hydrogen-bond donors (Lipinski definition) is 1. The first kappa shape index (κ1) is 13.6. The summed E-state index contributed by atoms with van der Waals surface area (Å²) in [5, 5.41) is 2.27. The van der Waals surface area contributed by atoms with E-state index in [9.17, 15) is 14.4 Å². The summed E-state index contributed by atoms with van der Waals surface area (Å²) in [4.78, 5) is 37.5. The molecule has 4 amide bonds. The first-order valence-corrected chi connectivity index (χ1v) is 6.34. The van der Waals surface area contributed by atoms with Crippen LogP contribution in [0.4, 0.5) is 9.59 Å². The quantitative estimate of drug-likeness (QED) is 0.754. The molecule has 2 rings (SSSR count). The lowest BCUT2D eigenvalue weighted by atomic mass is 10.1. The number of nitrogens with zero attached hydrogens (tertiary/aromatic N) is 2. The smallest absolute Gasteiger partial charge is 0.410 e. The van der Waals surface area contributed by atoms with Crippen molar-refractivity contribution >= 4 is 18.0 Å². The van der Waals surface area contributed by atoms with Crippen molar-refractivity contribution in [2.45, 2.75) is 38.8 Å². The average Bonchev–Trinajstić information content (AvgIpc) is 2.16. The van der Waals surface area contributed by atoms with Crippen molar-refractivity contribution in [2.75, 3.05) is 19.6 Å². The number of nitrogens with one attached hydrogen (secondary N) is 1. The molecule has 0 radical (unpaired) electrons. The van der Waals surface area contributed by atoms with Crippen LogP contribution in [-0.4, -0.2) is 59.1 Å². The molecule has 2 heterocycles. The zero-order chi connectivity index (χ0) is 14.2. The number of hydrogen-bond acceptors (Lipinski definition) is 4. The van der Waals surface area contributed by atoms with Gasteiger partial charge in [0.05, 0.1) is 6.04 Å². The van der Waals surface area contributed by atoms with Gasteiger partial charge in [0.2, 0.25) is 5.91 Å². The Morgan fingerprint density at radius 3 is 2.47 bits per heavy atom. The molecule has 19 heavy (non-hydrogen) atoms. The van der Waals surface area contributed by atoms with Gasteiger partial charge in [-0.1, -0.05) is 0 Å². The van der Waals surface area contributed by atoms with Gasteiger partial charge in [0.15, 0.2) is 0 Å². The molecule has 1 N–H and O–H groups in total. The largest absolute Gasteiger partial charge is 0.444 e. The van der Waals surface area contributed by atoms with E-state index < -0.39 is 5.60 Å². The highest BCUT2D eigenvalue weighted by molar-refractivity contribution is 5.96. The molecular weight excluding hydrogens is 250 g/mol. The van der Waals surface area contributed by atoms with E-state index in [0.717, 1.165) is 0 Å². The number of likely N-dealkylation sites (tertiary alicyclic amines) is 1. The minimum absolute atomic E-state index is 0.0272. The SMILES string of the molecule is CC(C)(C)OC(=O)N1CC(N2CCC(=O)NC2=O)C1. The standard InChI is InChI=1S/C12H19N3O4/c1-12(2,3)19-11(18)14-6-8(7-14)15-5-4-9(16)13-10(15)17/h8H,4-7H2,1-3H3,(H,13,16,17). The predicted octanol–water partition coefficient (Wildman–Crippen LogP) is 0.548. The Kier molecular flexibility index (Phi) is 3.38. The van der Waals surface area contributed by atoms with Crippen LogP contribution in [-0.2, 0) is 9.53 Å². The van der Waals surface area contributed by atoms with Gasteiger partial charge in [-0.2, -0.15) is 0 Å². The van der Waals surface area contributed by atoms with Crippen molar-refractivity contribution < 1.29 is 19.1 Å². The number of ether oxygens (including phenoxy) is 1. The molecule has 0 aliphatic carbocycles. The highest BCUT2D eigenvalue weighted by atomic mass is 16.6. The number of carbonyl (C=O) groups excluding carboxylic acids is 3. The maximum atomic E-state index is 11.7. The van der Waals surface area contributed by atoms with Crippen LogP contribution in [0.1, 0.15) is 27.2 Å². The van der Waals surface area contributed by atoms with Crippen LogP contribution in [0.3, 0.4) is 0 Å². The number of carbonyl (C=O) groups is 3. The van der Waals surface area contributed by atoms with Crippen molar-refractivity contribution in [3.63, 3.8) is 0 Å². The lowest BCUT2D eigenvalue weighted by molar-refractivity contribution is -0.122. The lowest BCUT2D eigenvalue weighted by Crippen LogP contribution is -2.66. The van der Waals surface area contributed by atoms with E-state index in [1.165, 1.54) is 0 Å². The zero-order valence-corrected chi connectivity index (χ0v) is 11.4. The van der Waals surface area contributed by atoms with Crippen LogP contribution in [0, 0.1) is 0 Å². The van der Waals surface area contributed by atoms with E-state index in [1.54, 1.807) is 9.80 Å². The lowest BCUT2D eigenvalue weighted by Gasteiger charge is -2.45. The van der Waals surface area contributed by atoms with Gasteiger partial charge < -0.3 is 14.5 Å². The van der Waals surface area contributed by atoms with E-state index in [4.69, 9.17) is 4.74 Å². The van der Waals surface area contributed by atoms with E-state index >= 15 is 0 Å². The highest BCUT2D eigenvalue weighted by Gasteiger charge is 2.40. The summed E-state index contributed by atoms with van der Waals surface area (Å²) < 4.78 is 5.23. The van der Waals surface area contributed by atoms with Crippen LogP contribution >= 0.6 is 0 Å². The van der Waals surface area contributed by atoms with Crippen molar-refractivity contribution in [3.8, 4) is 0 Å². The summed E-state index contributed by atoms with van der Waals surface area (Å²) in [6.45, 7) is 6.76. The molecule has 2 saturated heterocycles. The fraction of sp³-hybridized carbons (Fsp3) is 0.750. The second-order valence-corrected chi connectivity index (χ2v) is 5.84. The monoisotopic (exact) mass is 269 g/mol. The number of imide groups is 1. The summed E-state index contributed by atoms with van der Waals surface area (Å²) in [5.41, 5.74) is -0.517. The highest BCUT2D eigenvalue weighted by Crippen LogP contribution is 2.20. The normalized spacial score (nSPS) is 21.0. The third kappa shape index (κ3) is 3.15. The van der Waals surface area contributed by atoms with Gasteiger partial charge >= 0.3 is 12.1 Å². The van der Waals surface area contributed by atoms with Crippen molar-refractivity contribution in [1.29, 1.82) is 0 Å². The summed E-state index contributed by atoms with van der Waals surface area (Å²) in [7, 11) is 0. The summed E-state index contributed by atoms with van der Waals surface area (Å²) in [5.74, 6) is -0.246. The van der Waals surface area contributed by atoms with Gasteiger partial charge in [0, 0.05) is 26.1 Å². The third-order valence-corrected chi connectivity index (χ3v) is 3.04. The molecule has 2 fully saturated rings. The Morgan fingerprint density at radius 2 is 1.95 bits per heavy atom. The van der Waals surface area contributed by atoms with Gasteiger partial charge in [-0.3, -0.25) is 10.1 Å². The van der Waals surface area contributed by atoms with Crippen molar-refractivity contribution in [3.05, 3.63) is 0 Å². The molecule has 0 unspecified atom stereocenters. The summed E-state index contributed by atoms with van der Waals surface area (Å²) in [6, 6.07) is -0.397. The molecule has 0 saturated carbocycles. The summed E-state index contributed by atoms with van der Waals surface area (Å²) >= 11 is 0. The molecule has 7 nitrogen and oxygen atoms in total. The van der Waals surface area contributed by atoms with Gasteiger partial charge in [0.1, 0.15) is 5.60 Å². The van der Waals surface area contributed by atoms with Gasteiger partial charge in [-0.15, -0.1) is 0 Å². The molecule has 2 aliphatic heterocycles. The minimum Gasteiger partial charge on any atom is -0.444 e. The van der Waals surface area contributed by atoms with Crippen LogP contribution in [0.2, 0.25) is 0 Å². The molecule has 2 aliphatic rings. The maximum Gasteiger partial charge on any atom is 0.410 e. The minimum atomic E-state index is -0.517. The second-order valence-electron chi connectivity index (χ2n) is 5.84. The first-order chi connectivity index (χ1) is 8.76. The molecule has 0 spiro atoms. The summed E-state index contributed by atoms with van der Waals surface area (Å²) in [6.07, 6.45) is -0.0495. The molecule has 0 aromatic carbocycles. The molecule has 0 atom stereocenters. The second kappa shape index (κ2) is 4.71. The van der Waals surface area contributed by atoms with Crippen LogP contribution in [0.25, 0.3) is 0 Å². The molecule has 106 valence electrons. The topological polar surface area (TPSA) is 79.0 Å². The Balaban J connectivity index is 1.81. The van der Waals surface area contributed by atoms with Crippen LogP contribution in [0.15, 0.2) is 0 Å². The average molecular weight is 269 g/mol. The molecular formula is C12H19N3O4. The Hall–Kier alpha value is -1.79. The van der Waals surface area contributed by atoms with Crippen molar-refractivity contribution in [2.24, 2.45) is 0 Å². The number of amides is 4.